The Morgan fingerprint density at radius 3 is 2.68 bits per heavy atom. The molecule has 19 heavy (non-hydrogen) atoms. The van der Waals surface area contributed by atoms with Gasteiger partial charge in [0.1, 0.15) is 0 Å². The molecule has 0 saturated heterocycles. The Balaban J connectivity index is 1.96. The first kappa shape index (κ1) is 14.0. The smallest absolute Gasteiger partial charge is 0.163 e. The van der Waals surface area contributed by atoms with E-state index in [1.54, 1.807) is 7.11 Å². The maximum Gasteiger partial charge on any atom is 0.163 e. The molecule has 1 aliphatic rings. The summed E-state index contributed by atoms with van der Waals surface area (Å²) in [5, 5.41) is 3.56. The van der Waals surface area contributed by atoms with Gasteiger partial charge >= 0.3 is 0 Å². The van der Waals surface area contributed by atoms with Gasteiger partial charge in [0.15, 0.2) is 11.5 Å². The highest BCUT2D eigenvalue weighted by atomic mass is 16.5. The normalized spacial score (nSPS) is 16.6. The van der Waals surface area contributed by atoms with Crippen LogP contribution in [0.3, 0.4) is 0 Å². The Bertz CT molecular complexity index is 402. The third-order valence-electron chi connectivity index (χ3n) is 3.79. The molecule has 0 aromatic heterocycles. The number of rotatable bonds is 7. The summed E-state index contributed by atoms with van der Waals surface area (Å²) in [5.74, 6) is 2.53. The zero-order valence-corrected chi connectivity index (χ0v) is 12.2. The predicted molar refractivity (Wildman–Crippen MR) is 79.2 cm³/mol. The largest absolute Gasteiger partial charge is 0.493 e. The van der Waals surface area contributed by atoms with Crippen molar-refractivity contribution in [3.8, 4) is 11.5 Å². The van der Waals surface area contributed by atoms with E-state index in [0.717, 1.165) is 23.1 Å². The van der Waals surface area contributed by atoms with Crippen molar-refractivity contribution in [1.82, 2.24) is 0 Å². The molecule has 1 saturated carbocycles. The van der Waals surface area contributed by atoms with Crippen LogP contribution in [0.15, 0.2) is 18.2 Å². The van der Waals surface area contributed by atoms with Gasteiger partial charge in [-0.2, -0.15) is 0 Å². The molecule has 0 radical (unpaired) electrons. The number of anilines is 1. The van der Waals surface area contributed by atoms with Crippen molar-refractivity contribution in [2.24, 2.45) is 5.92 Å². The first-order valence-corrected chi connectivity index (χ1v) is 7.30. The molecule has 1 unspecified atom stereocenters. The molecule has 1 atom stereocenters. The third-order valence-corrected chi connectivity index (χ3v) is 3.79. The highest BCUT2D eigenvalue weighted by Crippen LogP contribution is 2.33. The summed E-state index contributed by atoms with van der Waals surface area (Å²) < 4.78 is 10.9. The number of hydrogen-bond donors (Lipinski definition) is 1. The predicted octanol–water partition coefficient (Wildman–Crippen LogP) is 4.08. The van der Waals surface area contributed by atoms with Gasteiger partial charge in [-0.25, -0.2) is 0 Å². The van der Waals surface area contributed by atoms with Gasteiger partial charge in [0.05, 0.1) is 13.7 Å². The minimum Gasteiger partial charge on any atom is -0.493 e. The van der Waals surface area contributed by atoms with Gasteiger partial charge in [0.2, 0.25) is 0 Å². The lowest BCUT2D eigenvalue weighted by Crippen LogP contribution is -2.23. The fraction of sp³-hybridized carbons (Fsp3) is 0.625. The molecule has 1 aromatic carbocycles. The molecule has 0 bridgehead atoms. The van der Waals surface area contributed by atoms with Crippen molar-refractivity contribution < 1.29 is 9.47 Å². The number of hydrogen-bond acceptors (Lipinski definition) is 3. The number of benzene rings is 1. The highest BCUT2D eigenvalue weighted by molar-refractivity contribution is 5.55. The molecule has 0 amide bonds. The van der Waals surface area contributed by atoms with Crippen LogP contribution in [-0.2, 0) is 0 Å². The van der Waals surface area contributed by atoms with Gasteiger partial charge in [-0.05, 0) is 38.3 Å². The summed E-state index contributed by atoms with van der Waals surface area (Å²) in [6.45, 7) is 4.89. The molecule has 3 nitrogen and oxygen atoms in total. The van der Waals surface area contributed by atoms with Gasteiger partial charge in [-0.1, -0.05) is 19.3 Å². The fourth-order valence-corrected chi connectivity index (χ4v) is 2.61. The Morgan fingerprint density at radius 1 is 1.32 bits per heavy atom. The number of methoxy groups -OCH3 is 1. The van der Waals surface area contributed by atoms with Crippen LogP contribution in [-0.4, -0.2) is 19.8 Å². The maximum absolute atomic E-state index is 5.60. The lowest BCUT2D eigenvalue weighted by Gasteiger charge is -2.29. The average molecular weight is 263 g/mol. The van der Waals surface area contributed by atoms with Crippen LogP contribution in [0, 0.1) is 5.92 Å². The SMILES string of the molecule is CCOc1cc(NC(C)CC2CCC2)ccc1OC. The van der Waals surface area contributed by atoms with E-state index in [1.807, 2.05) is 19.1 Å². The average Bonchev–Trinajstić information content (AvgIpc) is 2.35. The van der Waals surface area contributed by atoms with E-state index in [1.165, 1.54) is 25.7 Å². The van der Waals surface area contributed by atoms with E-state index >= 15 is 0 Å². The molecule has 106 valence electrons. The van der Waals surface area contributed by atoms with Gasteiger partial charge in [-0.15, -0.1) is 0 Å². The summed E-state index contributed by atoms with van der Waals surface area (Å²) in [6, 6.07) is 6.55. The second-order valence-corrected chi connectivity index (χ2v) is 5.38. The van der Waals surface area contributed by atoms with E-state index < -0.39 is 0 Å². The zero-order valence-electron chi connectivity index (χ0n) is 12.2. The second kappa shape index (κ2) is 6.69. The summed E-state index contributed by atoms with van der Waals surface area (Å²) >= 11 is 0. The number of ether oxygens (including phenoxy) is 2. The monoisotopic (exact) mass is 263 g/mol. The van der Waals surface area contributed by atoms with Crippen molar-refractivity contribution in [2.45, 2.75) is 45.6 Å². The van der Waals surface area contributed by atoms with Crippen LogP contribution in [0.2, 0.25) is 0 Å². The topological polar surface area (TPSA) is 30.5 Å². The lowest BCUT2D eigenvalue weighted by atomic mass is 9.81. The van der Waals surface area contributed by atoms with Crippen LogP contribution in [0.25, 0.3) is 0 Å². The Kier molecular flexibility index (Phi) is 4.94. The minimum atomic E-state index is 0.508. The molecule has 2 rings (SSSR count). The van der Waals surface area contributed by atoms with Crippen LogP contribution < -0.4 is 14.8 Å². The molecule has 0 aliphatic heterocycles. The Morgan fingerprint density at radius 2 is 2.11 bits per heavy atom. The van der Waals surface area contributed by atoms with Crippen molar-refractivity contribution in [3.63, 3.8) is 0 Å². The van der Waals surface area contributed by atoms with E-state index in [-0.39, 0.29) is 0 Å². The van der Waals surface area contributed by atoms with Crippen LogP contribution in [0.4, 0.5) is 5.69 Å². The van der Waals surface area contributed by atoms with Crippen LogP contribution in [0.1, 0.15) is 39.5 Å². The van der Waals surface area contributed by atoms with Crippen LogP contribution in [0.5, 0.6) is 11.5 Å². The molecule has 3 heteroatoms. The van der Waals surface area contributed by atoms with E-state index in [2.05, 4.69) is 18.3 Å². The van der Waals surface area contributed by atoms with Crippen molar-refractivity contribution in [2.75, 3.05) is 19.0 Å². The van der Waals surface area contributed by atoms with Crippen molar-refractivity contribution in [1.29, 1.82) is 0 Å². The molecule has 1 fully saturated rings. The Hall–Kier alpha value is -1.38. The summed E-state index contributed by atoms with van der Waals surface area (Å²) in [6.07, 6.45) is 5.47. The van der Waals surface area contributed by atoms with E-state index in [4.69, 9.17) is 9.47 Å². The van der Waals surface area contributed by atoms with Crippen LogP contribution >= 0.6 is 0 Å². The van der Waals surface area contributed by atoms with Gasteiger partial charge in [0, 0.05) is 17.8 Å². The van der Waals surface area contributed by atoms with Crippen molar-refractivity contribution in [3.05, 3.63) is 18.2 Å². The molecule has 1 aromatic rings. The quantitative estimate of drug-likeness (QED) is 0.804. The first-order valence-electron chi connectivity index (χ1n) is 7.30. The second-order valence-electron chi connectivity index (χ2n) is 5.38. The van der Waals surface area contributed by atoms with Crippen molar-refractivity contribution >= 4 is 5.69 Å². The number of nitrogens with one attached hydrogen (secondary N) is 1. The van der Waals surface area contributed by atoms with Gasteiger partial charge in [-0.3, -0.25) is 0 Å². The molecule has 1 aliphatic carbocycles. The molecular weight excluding hydrogens is 238 g/mol. The summed E-state index contributed by atoms with van der Waals surface area (Å²) in [4.78, 5) is 0. The minimum absolute atomic E-state index is 0.508. The Labute approximate surface area is 116 Å². The van der Waals surface area contributed by atoms with E-state index in [0.29, 0.717) is 12.6 Å². The fourth-order valence-electron chi connectivity index (χ4n) is 2.61. The summed E-state index contributed by atoms with van der Waals surface area (Å²) in [7, 11) is 1.67. The highest BCUT2D eigenvalue weighted by Gasteiger charge is 2.20. The molecule has 0 spiro atoms. The zero-order chi connectivity index (χ0) is 13.7. The first-order chi connectivity index (χ1) is 9.22. The van der Waals surface area contributed by atoms with Gasteiger partial charge < -0.3 is 14.8 Å². The van der Waals surface area contributed by atoms with E-state index in [9.17, 15) is 0 Å². The maximum atomic E-state index is 5.60. The summed E-state index contributed by atoms with van der Waals surface area (Å²) in [5.41, 5.74) is 1.11. The molecule has 1 N–H and O–H groups in total. The molecule has 0 heterocycles. The molecular formula is C16H25NO2. The van der Waals surface area contributed by atoms with Gasteiger partial charge in [0.25, 0.3) is 0 Å². The lowest BCUT2D eigenvalue weighted by molar-refractivity contribution is 0.285. The third kappa shape index (κ3) is 3.79. The standard InChI is InChI=1S/C16H25NO2/c1-4-19-16-11-14(8-9-15(16)18-3)17-12(2)10-13-6-5-7-13/h8-9,11-13,17H,4-7,10H2,1-3H3.